The molecule has 0 aliphatic heterocycles. The van der Waals surface area contributed by atoms with Gasteiger partial charge in [-0.15, -0.1) is 0 Å². The third kappa shape index (κ3) is 2.57. The number of aryl methyl sites for hydroxylation is 1. The Morgan fingerprint density at radius 3 is 2.71 bits per heavy atom. The van der Waals surface area contributed by atoms with Crippen LogP contribution in [0.5, 0.6) is 11.6 Å². The maximum atomic E-state index is 13.6. The van der Waals surface area contributed by atoms with E-state index in [2.05, 4.69) is 9.97 Å². The van der Waals surface area contributed by atoms with Gasteiger partial charge in [-0.2, -0.15) is 0 Å². The van der Waals surface area contributed by atoms with E-state index in [0.717, 1.165) is 0 Å². The van der Waals surface area contributed by atoms with Gasteiger partial charge in [0.1, 0.15) is 0 Å². The monoisotopic (exact) mass is 233 g/mol. The molecule has 5 heteroatoms. The van der Waals surface area contributed by atoms with E-state index in [1.165, 1.54) is 18.3 Å². The lowest BCUT2D eigenvalue weighted by atomic mass is 10.2. The molecular formula is C12H12FN3O. The molecule has 2 N–H and O–H groups in total. The van der Waals surface area contributed by atoms with Gasteiger partial charge in [0, 0.05) is 18.9 Å². The van der Waals surface area contributed by atoms with Gasteiger partial charge in [0.05, 0.1) is 5.69 Å². The van der Waals surface area contributed by atoms with E-state index in [9.17, 15) is 4.39 Å². The number of nitrogens with two attached hydrogens (primary N) is 1. The minimum atomic E-state index is -0.460. The lowest BCUT2D eigenvalue weighted by Crippen LogP contribution is -1.99. The summed E-state index contributed by atoms with van der Waals surface area (Å²) < 4.78 is 19.0. The molecule has 0 radical (unpaired) electrons. The molecule has 0 saturated heterocycles. The van der Waals surface area contributed by atoms with Gasteiger partial charge in [0.15, 0.2) is 11.6 Å². The summed E-state index contributed by atoms with van der Waals surface area (Å²) in [6.45, 7) is 2.04. The third-order valence-corrected chi connectivity index (χ3v) is 2.27. The topological polar surface area (TPSA) is 61.0 Å². The minimum Gasteiger partial charge on any atom is -0.434 e. The number of hydrogen-bond acceptors (Lipinski definition) is 4. The molecule has 0 fully saturated rings. The lowest BCUT2D eigenvalue weighted by molar-refractivity contribution is 0.421. The van der Waals surface area contributed by atoms with Crippen LogP contribution in [0.2, 0.25) is 0 Å². The summed E-state index contributed by atoms with van der Waals surface area (Å²) >= 11 is 0. The first-order valence-electron chi connectivity index (χ1n) is 5.14. The fourth-order valence-electron chi connectivity index (χ4n) is 1.35. The molecule has 0 atom stereocenters. The molecule has 0 unspecified atom stereocenters. The second-order valence-electron chi connectivity index (χ2n) is 3.52. The van der Waals surface area contributed by atoms with Crippen molar-refractivity contribution in [3.05, 3.63) is 47.7 Å². The Bertz CT molecular complexity index is 531. The normalized spacial score (nSPS) is 10.3. The minimum absolute atomic E-state index is 0.116. The number of benzene rings is 1. The SMILES string of the molecule is Cc1nccnc1Oc1ccc(CN)cc1F. The molecule has 0 aliphatic carbocycles. The average Bonchev–Trinajstić information content (AvgIpc) is 2.34. The van der Waals surface area contributed by atoms with Gasteiger partial charge in [-0.05, 0) is 24.6 Å². The maximum absolute atomic E-state index is 13.6. The van der Waals surface area contributed by atoms with Crippen molar-refractivity contribution in [1.82, 2.24) is 9.97 Å². The standard InChI is InChI=1S/C12H12FN3O/c1-8-12(16-5-4-15-8)17-11-3-2-9(7-14)6-10(11)13/h2-6H,7,14H2,1H3. The highest BCUT2D eigenvalue weighted by Crippen LogP contribution is 2.24. The van der Waals surface area contributed by atoms with Crippen LogP contribution in [-0.4, -0.2) is 9.97 Å². The first kappa shape index (κ1) is 11.5. The van der Waals surface area contributed by atoms with E-state index in [4.69, 9.17) is 10.5 Å². The molecule has 1 heterocycles. The van der Waals surface area contributed by atoms with Crippen LogP contribution in [0, 0.1) is 12.7 Å². The zero-order valence-corrected chi connectivity index (χ0v) is 9.35. The van der Waals surface area contributed by atoms with Gasteiger partial charge in [-0.25, -0.2) is 9.37 Å². The Morgan fingerprint density at radius 2 is 2.06 bits per heavy atom. The maximum Gasteiger partial charge on any atom is 0.240 e. The molecule has 2 rings (SSSR count). The molecule has 0 aliphatic rings. The highest BCUT2D eigenvalue weighted by molar-refractivity contribution is 5.33. The van der Waals surface area contributed by atoms with Crippen LogP contribution in [0.1, 0.15) is 11.3 Å². The summed E-state index contributed by atoms with van der Waals surface area (Å²) in [6.07, 6.45) is 3.05. The summed E-state index contributed by atoms with van der Waals surface area (Å²) in [5, 5.41) is 0. The molecule has 2 aromatic rings. The summed E-state index contributed by atoms with van der Waals surface area (Å²) in [4.78, 5) is 7.99. The molecule has 0 bridgehead atoms. The summed E-state index contributed by atoms with van der Waals surface area (Å²) in [6, 6.07) is 4.59. The Morgan fingerprint density at radius 1 is 1.29 bits per heavy atom. The Hall–Kier alpha value is -2.01. The van der Waals surface area contributed by atoms with Gasteiger partial charge >= 0.3 is 0 Å². The predicted octanol–water partition coefficient (Wildman–Crippen LogP) is 2.18. The van der Waals surface area contributed by atoms with Gasteiger partial charge < -0.3 is 10.5 Å². The van der Waals surface area contributed by atoms with Gasteiger partial charge in [-0.3, -0.25) is 4.98 Å². The molecule has 0 saturated carbocycles. The number of aromatic nitrogens is 2. The van der Waals surface area contributed by atoms with E-state index >= 15 is 0 Å². The van der Waals surface area contributed by atoms with Crippen LogP contribution >= 0.6 is 0 Å². The molecular weight excluding hydrogens is 221 g/mol. The van der Waals surface area contributed by atoms with E-state index in [1.807, 2.05) is 0 Å². The van der Waals surface area contributed by atoms with Crippen LogP contribution in [0.4, 0.5) is 4.39 Å². The second-order valence-corrected chi connectivity index (χ2v) is 3.52. The van der Waals surface area contributed by atoms with E-state index in [1.54, 1.807) is 19.2 Å². The number of rotatable bonds is 3. The van der Waals surface area contributed by atoms with Gasteiger partial charge in [0.2, 0.25) is 5.88 Å². The van der Waals surface area contributed by atoms with E-state index in [0.29, 0.717) is 23.7 Å². The van der Waals surface area contributed by atoms with Crippen LogP contribution in [0.25, 0.3) is 0 Å². The largest absolute Gasteiger partial charge is 0.434 e. The van der Waals surface area contributed by atoms with Crippen molar-refractivity contribution < 1.29 is 9.13 Å². The number of halogens is 1. The Balaban J connectivity index is 2.28. The number of hydrogen-bond donors (Lipinski definition) is 1. The predicted molar refractivity (Wildman–Crippen MR) is 61.1 cm³/mol. The molecule has 1 aromatic carbocycles. The highest BCUT2D eigenvalue weighted by Gasteiger charge is 2.08. The zero-order chi connectivity index (χ0) is 12.3. The quantitative estimate of drug-likeness (QED) is 0.882. The van der Waals surface area contributed by atoms with Crippen LogP contribution < -0.4 is 10.5 Å². The van der Waals surface area contributed by atoms with Gasteiger partial charge in [0.25, 0.3) is 0 Å². The molecule has 0 spiro atoms. The second kappa shape index (κ2) is 4.88. The first-order valence-corrected chi connectivity index (χ1v) is 5.14. The van der Waals surface area contributed by atoms with Crippen molar-refractivity contribution in [3.63, 3.8) is 0 Å². The molecule has 88 valence electrons. The van der Waals surface area contributed by atoms with Gasteiger partial charge in [-0.1, -0.05) is 6.07 Å². The van der Waals surface area contributed by atoms with Crippen molar-refractivity contribution in [2.45, 2.75) is 13.5 Å². The fraction of sp³-hybridized carbons (Fsp3) is 0.167. The highest BCUT2D eigenvalue weighted by atomic mass is 19.1. The number of nitrogens with zero attached hydrogens (tertiary/aromatic N) is 2. The molecule has 4 nitrogen and oxygen atoms in total. The average molecular weight is 233 g/mol. The van der Waals surface area contributed by atoms with Crippen molar-refractivity contribution in [3.8, 4) is 11.6 Å². The van der Waals surface area contributed by atoms with Crippen molar-refractivity contribution in [1.29, 1.82) is 0 Å². The lowest BCUT2D eigenvalue weighted by Gasteiger charge is -2.08. The zero-order valence-electron chi connectivity index (χ0n) is 9.35. The van der Waals surface area contributed by atoms with Crippen molar-refractivity contribution >= 4 is 0 Å². The molecule has 0 amide bonds. The van der Waals surface area contributed by atoms with Crippen LogP contribution in [0.15, 0.2) is 30.6 Å². The summed E-state index contributed by atoms with van der Waals surface area (Å²) in [7, 11) is 0. The van der Waals surface area contributed by atoms with Crippen LogP contribution in [-0.2, 0) is 6.54 Å². The number of ether oxygens (including phenoxy) is 1. The van der Waals surface area contributed by atoms with Crippen molar-refractivity contribution in [2.24, 2.45) is 5.73 Å². The Labute approximate surface area is 98.3 Å². The molecule has 17 heavy (non-hydrogen) atoms. The van der Waals surface area contributed by atoms with E-state index in [-0.39, 0.29) is 5.75 Å². The smallest absolute Gasteiger partial charge is 0.240 e. The Kier molecular flexibility index (Phi) is 3.30. The van der Waals surface area contributed by atoms with Crippen molar-refractivity contribution in [2.75, 3.05) is 0 Å². The summed E-state index contributed by atoms with van der Waals surface area (Å²) in [5.74, 6) is -0.0456. The van der Waals surface area contributed by atoms with Crippen LogP contribution in [0.3, 0.4) is 0 Å². The molecule has 1 aromatic heterocycles. The fourth-order valence-corrected chi connectivity index (χ4v) is 1.35. The third-order valence-electron chi connectivity index (χ3n) is 2.27. The summed E-state index contributed by atoms with van der Waals surface area (Å²) in [5.41, 5.74) is 6.74. The van der Waals surface area contributed by atoms with E-state index < -0.39 is 5.82 Å². The first-order chi connectivity index (χ1) is 8.20.